The molecule has 3 aromatic rings. The predicted octanol–water partition coefficient (Wildman–Crippen LogP) is 1.37. The molecule has 124 valence electrons. The maximum absolute atomic E-state index is 12.2. The molecule has 0 spiro atoms. The number of imidazole rings is 1. The molecule has 0 unspecified atom stereocenters. The van der Waals surface area contributed by atoms with Crippen LogP contribution in [0.3, 0.4) is 0 Å². The second-order valence-electron chi connectivity index (χ2n) is 5.18. The maximum atomic E-state index is 12.2. The summed E-state index contributed by atoms with van der Waals surface area (Å²) in [5.74, 6) is 0.761. The molecule has 1 atom stereocenters. The largest absolute Gasteiger partial charge is 0.346 e. The van der Waals surface area contributed by atoms with Gasteiger partial charge in [0.25, 0.3) is 0 Å². The molecule has 0 fully saturated rings. The molecular formula is C15H17N7OS. The zero-order valence-corrected chi connectivity index (χ0v) is 14.1. The van der Waals surface area contributed by atoms with Gasteiger partial charge in [-0.15, -0.1) is 5.10 Å². The highest BCUT2D eigenvalue weighted by atomic mass is 32.2. The summed E-state index contributed by atoms with van der Waals surface area (Å²) in [5, 5.41) is 15.5. The molecule has 24 heavy (non-hydrogen) atoms. The second-order valence-corrected chi connectivity index (χ2v) is 6.13. The van der Waals surface area contributed by atoms with E-state index in [0.29, 0.717) is 5.82 Å². The number of carbonyl (C=O) groups excluding carboxylic acids is 1. The van der Waals surface area contributed by atoms with Crippen LogP contribution in [0, 0.1) is 0 Å². The SMILES string of the molecule is C[C@H](NC(=O)CSc1nccn1C)c1nnnn1-c1ccccc1. The fourth-order valence-electron chi connectivity index (χ4n) is 2.19. The van der Waals surface area contributed by atoms with Crippen LogP contribution in [0.4, 0.5) is 0 Å². The van der Waals surface area contributed by atoms with Gasteiger partial charge in [0.2, 0.25) is 5.91 Å². The Bertz CT molecular complexity index is 814. The number of benzene rings is 1. The Morgan fingerprint density at radius 3 is 2.83 bits per heavy atom. The molecule has 0 saturated carbocycles. The Labute approximate surface area is 143 Å². The zero-order chi connectivity index (χ0) is 16.9. The Balaban J connectivity index is 1.63. The van der Waals surface area contributed by atoms with Crippen LogP contribution in [0.2, 0.25) is 0 Å². The summed E-state index contributed by atoms with van der Waals surface area (Å²) >= 11 is 1.38. The number of nitrogens with one attached hydrogen (secondary N) is 1. The number of rotatable bonds is 6. The Hall–Kier alpha value is -2.68. The number of tetrazole rings is 1. The van der Waals surface area contributed by atoms with Gasteiger partial charge < -0.3 is 9.88 Å². The summed E-state index contributed by atoms with van der Waals surface area (Å²) in [7, 11) is 1.89. The number of hydrogen-bond acceptors (Lipinski definition) is 6. The minimum absolute atomic E-state index is 0.0990. The molecule has 1 amide bonds. The van der Waals surface area contributed by atoms with E-state index in [0.717, 1.165) is 10.8 Å². The molecular weight excluding hydrogens is 326 g/mol. The van der Waals surface area contributed by atoms with Crippen molar-refractivity contribution in [1.29, 1.82) is 0 Å². The highest BCUT2D eigenvalue weighted by Crippen LogP contribution is 2.16. The monoisotopic (exact) mass is 343 g/mol. The minimum Gasteiger partial charge on any atom is -0.346 e. The van der Waals surface area contributed by atoms with Gasteiger partial charge in [-0.25, -0.2) is 4.98 Å². The average Bonchev–Trinajstić information content (AvgIpc) is 3.22. The van der Waals surface area contributed by atoms with E-state index >= 15 is 0 Å². The number of hydrogen-bond donors (Lipinski definition) is 1. The van der Waals surface area contributed by atoms with Gasteiger partial charge in [-0.05, 0) is 29.5 Å². The van der Waals surface area contributed by atoms with Crippen LogP contribution < -0.4 is 5.32 Å². The van der Waals surface area contributed by atoms with Crippen LogP contribution in [0.1, 0.15) is 18.8 Å². The van der Waals surface area contributed by atoms with Gasteiger partial charge in [-0.3, -0.25) is 4.79 Å². The van der Waals surface area contributed by atoms with Crippen LogP contribution in [-0.2, 0) is 11.8 Å². The lowest BCUT2D eigenvalue weighted by Crippen LogP contribution is -2.30. The molecule has 0 radical (unpaired) electrons. The van der Waals surface area contributed by atoms with Crippen molar-refractivity contribution in [2.24, 2.45) is 7.05 Å². The molecule has 2 heterocycles. The third kappa shape index (κ3) is 3.62. The fraction of sp³-hybridized carbons (Fsp3) is 0.267. The van der Waals surface area contributed by atoms with Crippen LogP contribution in [-0.4, -0.2) is 41.4 Å². The first kappa shape index (κ1) is 16.2. The van der Waals surface area contributed by atoms with Crippen molar-refractivity contribution in [1.82, 2.24) is 35.1 Å². The summed E-state index contributed by atoms with van der Waals surface area (Å²) in [5.41, 5.74) is 0.848. The molecule has 0 saturated heterocycles. The van der Waals surface area contributed by atoms with Crippen molar-refractivity contribution in [2.45, 2.75) is 18.1 Å². The number of thioether (sulfide) groups is 1. The Morgan fingerprint density at radius 2 is 2.12 bits per heavy atom. The third-order valence-electron chi connectivity index (χ3n) is 3.37. The average molecular weight is 343 g/mol. The fourth-order valence-corrected chi connectivity index (χ4v) is 2.93. The van der Waals surface area contributed by atoms with Gasteiger partial charge >= 0.3 is 0 Å². The molecule has 3 rings (SSSR count). The van der Waals surface area contributed by atoms with E-state index in [2.05, 4.69) is 25.8 Å². The van der Waals surface area contributed by atoms with Crippen LogP contribution >= 0.6 is 11.8 Å². The van der Waals surface area contributed by atoms with Gasteiger partial charge in [0.1, 0.15) is 0 Å². The minimum atomic E-state index is -0.310. The quantitative estimate of drug-likeness (QED) is 0.680. The summed E-state index contributed by atoms with van der Waals surface area (Å²) in [4.78, 5) is 16.3. The molecule has 0 aliphatic carbocycles. The van der Waals surface area contributed by atoms with E-state index < -0.39 is 0 Å². The molecule has 8 nitrogen and oxygen atoms in total. The van der Waals surface area contributed by atoms with E-state index in [1.807, 2.05) is 55.1 Å². The van der Waals surface area contributed by atoms with Gasteiger partial charge in [0.15, 0.2) is 11.0 Å². The number of para-hydroxylation sites is 1. The summed E-state index contributed by atoms with van der Waals surface area (Å²) in [6, 6.07) is 9.25. The lowest BCUT2D eigenvalue weighted by Gasteiger charge is -2.13. The molecule has 1 N–H and O–H groups in total. The number of aryl methyl sites for hydroxylation is 1. The zero-order valence-electron chi connectivity index (χ0n) is 13.3. The van der Waals surface area contributed by atoms with Gasteiger partial charge in [0, 0.05) is 19.4 Å². The van der Waals surface area contributed by atoms with Crippen molar-refractivity contribution in [2.75, 3.05) is 5.75 Å². The first-order valence-electron chi connectivity index (χ1n) is 7.38. The van der Waals surface area contributed by atoms with E-state index in [-0.39, 0.29) is 17.7 Å². The van der Waals surface area contributed by atoms with Crippen LogP contribution in [0.5, 0.6) is 0 Å². The smallest absolute Gasteiger partial charge is 0.231 e. The summed E-state index contributed by atoms with van der Waals surface area (Å²) < 4.78 is 3.49. The van der Waals surface area contributed by atoms with E-state index in [1.54, 1.807) is 10.9 Å². The van der Waals surface area contributed by atoms with Crippen molar-refractivity contribution in [3.8, 4) is 5.69 Å². The third-order valence-corrected chi connectivity index (χ3v) is 4.43. The topological polar surface area (TPSA) is 90.5 Å². The Morgan fingerprint density at radius 1 is 1.33 bits per heavy atom. The van der Waals surface area contributed by atoms with Gasteiger partial charge in [0.05, 0.1) is 17.5 Å². The number of nitrogens with zero attached hydrogens (tertiary/aromatic N) is 6. The molecule has 0 aliphatic rings. The van der Waals surface area contributed by atoms with Crippen molar-refractivity contribution >= 4 is 17.7 Å². The second kappa shape index (κ2) is 7.26. The Kier molecular flexibility index (Phi) is 4.90. The highest BCUT2D eigenvalue weighted by molar-refractivity contribution is 7.99. The number of carbonyl (C=O) groups is 1. The lowest BCUT2D eigenvalue weighted by atomic mass is 10.3. The van der Waals surface area contributed by atoms with Gasteiger partial charge in [-0.1, -0.05) is 30.0 Å². The highest BCUT2D eigenvalue weighted by Gasteiger charge is 2.18. The molecule has 0 bridgehead atoms. The summed E-state index contributed by atoms with van der Waals surface area (Å²) in [6.07, 6.45) is 3.55. The number of amides is 1. The maximum Gasteiger partial charge on any atom is 0.231 e. The molecule has 1 aromatic carbocycles. The van der Waals surface area contributed by atoms with Crippen LogP contribution in [0.25, 0.3) is 5.69 Å². The lowest BCUT2D eigenvalue weighted by molar-refractivity contribution is -0.119. The van der Waals surface area contributed by atoms with E-state index in [9.17, 15) is 4.79 Å². The van der Waals surface area contributed by atoms with E-state index in [4.69, 9.17) is 0 Å². The first-order valence-corrected chi connectivity index (χ1v) is 8.37. The standard InChI is InChI=1S/C15H17N7OS/c1-11(17-13(23)10-24-15-16-8-9-21(15)2)14-18-19-20-22(14)12-6-4-3-5-7-12/h3-9,11H,10H2,1-2H3,(H,17,23)/t11-/m0/s1. The van der Waals surface area contributed by atoms with Gasteiger partial charge in [-0.2, -0.15) is 4.68 Å². The normalized spacial score (nSPS) is 12.1. The van der Waals surface area contributed by atoms with Crippen molar-refractivity contribution in [3.05, 3.63) is 48.5 Å². The van der Waals surface area contributed by atoms with Crippen molar-refractivity contribution in [3.63, 3.8) is 0 Å². The molecule has 0 aliphatic heterocycles. The predicted molar refractivity (Wildman–Crippen MR) is 89.6 cm³/mol. The molecule has 9 heteroatoms. The van der Waals surface area contributed by atoms with E-state index in [1.165, 1.54) is 11.8 Å². The first-order chi connectivity index (χ1) is 11.6. The van der Waals surface area contributed by atoms with Crippen LogP contribution in [0.15, 0.2) is 47.9 Å². The van der Waals surface area contributed by atoms with Crippen molar-refractivity contribution < 1.29 is 4.79 Å². The molecule has 2 aromatic heterocycles. The summed E-state index contributed by atoms with van der Waals surface area (Å²) in [6.45, 7) is 1.86. The number of aromatic nitrogens is 6.